The first-order valence-corrected chi connectivity index (χ1v) is 10.5. The summed E-state index contributed by atoms with van der Waals surface area (Å²) in [5.74, 6) is 0.0545. The van der Waals surface area contributed by atoms with Crippen LogP contribution in [0.1, 0.15) is 38.5 Å². The number of carbonyl (C=O) groups excluding carboxylic acids is 2. The molecular weight excluding hydrogens is 424 g/mol. The number of aromatic nitrogens is 2. The SMILES string of the molecule is O=C(CCn1cnc2ccc(Br)cc2c1=O)NCCNC(=O)C1CCCCC1. The topological polar surface area (TPSA) is 93.1 Å². The summed E-state index contributed by atoms with van der Waals surface area (Å²) in [6.45, 7) is 1.07. The van der Waals surface area contributed by atoms with Crippen molar-refractivity contribution in [2.75, 3.05) is 13.1 Å². The molecule has 1 aliphatic carbocycles. The highest BCUT2D eigenvalue weighted by atomic mass is 79.9. The van der Waals surface area contributed by atoms with Crippen molar-refractivity contribution >= 4 is 38.6 Å². The maximum Gasteiger partial charge on any atom is 0.261 e. The van der Waals surface area contributed by atoms with Crippen LogP contribution in [-0.4, -0.2) is 34.5 Å². The lowest BCUT2D eigenvalue weighted by atomic mass is 9.89. The zero-order valence-electron chi connectivity index (χ0n) is 15.7. The van der Waals surface area contributed by atoms with E-state index in [0.29, 0.717) is 24.0 Å². The monoisotopic (exact) mass is 448 g/mol. The molecule has 8 heteroatoms. The molecule has 2 amide bonds. The van der Waals surface area contributed by atoms with Gasteiger partial charge in [-0.25, -0.2) is 4.98 Å². The quantitative estimate of drug-likeness (QED) is 0.635. The standard InChI is InChI=1S/C20H25BrN4O3/c21-15-6-7-17-16(12-15)20(28)25(13-24-17)11-8-18(26)22-9-10-23-19(27)14-4-2-1-3-5-14/h6-7,12-14H,1-5,8-11H2,(H,22,26)(H,23,27). The van der Waals surface area contributed by atoms with E-state index in [2.05, 4.69) is 31.5 Å². The lowest BCUT2D eigenvalue weighted by Gasteiger charge is -2.20. The second-order valence-electron chi connectivity index (χ2n) is 7.13. The summed E-state index contributed by atoms with van der Waals surface area (Å²) in [6.07, 6.45) is 7.02. The second-order valence-corrected chi connectivity index (χ2v) is 8.05. The maximum atomic E-state index is 12.5. The highest BCUT2D eigenvalue weighted by molar-refractivity contribution is 9.10. The Bertz CT molecular complexity index is 906. The summed E-state index contributed by atoms with van der Waals surface area (Å²) in [4.78, 5) is 40.8. The normalized spacial score (nSPS) is 14.8. The molecule has 150 valence electrons. The molecule has 2 N–H and O–H groups in total. The number of amides is 2. The number of rotatable bonds is 7. The van der Waals surface area contributed by atoms with Gasteiger partial charge in [0.15, 0.2) is 0 Å². The Labute approximate surface area is 172 Å². The summed E-state index contributed by atoms with van der Waals surface area (Å²) in [5, 5.41) is 6.19. The van der Waals surface area contributed by atoms with Crippen molar-refractivity contribution in [2.24, 2.45) is 5.92 Å². The van der Waals surface area contributed by atoms with E-state index in [0.717, 1.165) is 30.2 Å². The van der Waals surface area contributed by atoms with Gasteiger partial charge >= 0.3 is 0 Å². The van der Waals surface area contributed by atoms with Gasteiger partial charge in [-0.2, -0.15) is 0 Å². The summed E-state index contributed by atoms with van der Waals surface area (Å²) in [7, 11) is 0. The molecule has 1 aliphatic rings. The van der Waals surface area contributed by atoms with Crippen molar-refractivity contribution in [3.8, 4) is 0 Å². The number of halogens is 1. The summed E-state index contributed by atoms with van der Waals surface area (Å²) < 4.78 is 2.25. The lowest BCUT2D eigenvalue weighted by Crippen LogP contribution is -2.38. The van der Waals surface area contributed by atoms with Crippen LogP contribution in [0.2, 0.25) is 0 Å². The molecule has 1 heterocycles. The highest BCUT2D eigenvalue weighted by Crippen LogP contribution is 2.23. The minimum atomic E-state index is -0.168. The van der Waals surface area contributed by atoms with Gasteiger partial charge in [-0.3, -0.25) is 19.0 Å². The van der Waals surface area contributed by atoms with E-state index in [1.54, 1.807) is 12.1 Å². The fraction of sp³-hybridized carbons (Fsp3) is 0.500. The lowest BCUT2D eigenvalue weighted by molar-refractivity contribution is -0.126. The Hall–Kier alpha value is -2.22. The van der Waals surface area contributed by atoms with E-state index >= 15 is 0 Å². The molecule has 7 nitrogen and oxygen atoms in total. The number of carbonyl (C=O) groups is 2. The van der Waals surface area contributed by atoms with Crippen molar-refractivity contribution < 1.29 is 9.59 Å². The van der Waals surface area contributed by atoms with Crippen molar-refractivity contribution in [1.29, 1.82) is 0 Å². The number of aryl methyl sites for hydroxylation is 1. The third-order valence-corrected chi connectivity index (χ3v) is 5.58. The van der Waals surface area contributed by atoms with E-state index in [1.807, 2.05) is 6.07 Å². The van der Waals surface area contributed by atoms with Gasteiger partial charge in [0.1, 0.15) is 0 Å². The number of nitrogens with zero attached hydrogens (tertiary/aromatic N) is 2. The van der Waals surface area contributed by atoms with E-state index < -0.39 is 0 Å². The number of benzene rings is 1. The predicted octanol–water partition coefficient (Wildman–Crippen LogP) is 2.36. The largest absolute Gasteiger partial charge is 0.354 e. The molecule has 0 radical (unpaired) electrons. The Kier molecular flexibility index (Phi) is 7.19. The van der Waals surface area contributed by atoms with Crippen molar-refractivity contribution in [3.05, 3.63) is 39.4 Å². The summed E-state index contributed by atoms with van der Waals surface area (Å²) in [6, 6.07) is 5.34. The molecule has 0 atom stereocenters. The van der Waals surface area contributed by atoms with Gasteiger partial charge in [0.05, 0.1) is 17.2 Å². The summed E-state index contributed by atoms with van der Waals surface area (Å²) >= 11 is 3.35. The third-order valence-electron chi connectivity index (χ3n) is 5.09. The number of hydrogen-bond acceptors (Lipinski definition) is 4. The highest BCUT2D eigenvalue weighted by Gasteiger charge is 2.20. The van der Waals surface area contributed by atoms with Crippen LogP contribution in [0.5, 0.6) is 0 Å². The molecule has 1 fully saturated rings. The number of fused-ring (bicyclic) bond motifs is 1. The fourth-order valence-corrected chi connectivity index (χ4v) is 3.86. The molecule has 2 aromatic rings. The van der Waals surface area contributed by atoms with Crippen LogP contribution in [0.15, 0.2) is 33.8 Å². The average Bonchev–Trinajstić information content (AvgIpc) is 2.71. The second kappa shape index (κ2) is 9.82. The van der Waals surface area contributed by atoms with Crippen LogP contribution in [-0.2, 0) is 16.1 Å². The van der Waals surface area contributed by atoms with Gasteiger partial charge in [0.2, 0.25) is 11.8 Å². The molecule has 3 rings (SSSR count). The first-order valence-electron chi connectivity index (χ1n) is 9.74. The van der Waals surface area contributed by atoms with Crippen LogP contribution < -0.4 is 16.2 Å². The molecule has 28 heavy (non-hydrogen) atoms. The Morgan fingerprint density at radius 1 is 1.14 bits per heavy atom. The fourth-order valence-electron chi connectivity index (χ4n) is 3.50. The molecule has 0 unspecified atom stereocenters. The van der Waals surface area contributed by atoms with Crippen LogP contribution in [0.25, 0.3) is 10.9 Å². The molecule has 1 saturated carbocycles. The van der Waals surface area contributed by atoms with Crippen molar-refractivity contribution in [3.63, 3.8) is 0 Å². The maximum absolute atomic E-state index is 12.5. The average molecular weight is 449 g/mol. The third kappa shape index (κ3) is 5.41. The molecule has 1 aromatic heterocycles. The Balaban J connectivity index is 1.42. The van der Waals surface area contributed by atoms with E-state index in [9.17, 15) is 14.4 Å². The number of nitrogens with one attached hydrogen (secondary N) is 2. The van der Waals surface area contributed by atoms with Gasteiger partial charge in [-0.1, -0.05) is 35.2 Å². The smallest absolute Gasteiger partial charge is 0.261 e. The zero-order chi connectivity index (χ0) is 19.9. The van der Waals surface area contributed by atoms with Crippen LogP contribution >= 0.6 is 15.9 Å². The zero-order valence-corrected chi connectivity index (χ0v) is 17.3. The first kappa shape index (κ1) is 20.5. The minimum Gasteiger partial charge on any atom is -0.354 e. The van der Waals surface area contributed by atoms with Gasteiger partial charge in [0.25, 0.3) is 5.56 Å². The minimum absolute atomic E-state index is 0.0916. The van der Waals surface area contributed by atoms with Gasteiger partial charge in [-0.15, -0.1) is 0 Å². The van der Waals surface area contributed by atoms with Crippen molar-refractivity contribution in [1.82, 2.24) is 20.2 Å². The number of hydrogen-bond donors (Lipinski definition) is 2. The van der Waals surface area contributed by atoms with Gasteiger partial charge < -0.3 is 10.6 Å². The van der Waals surface area contributed by atoms with E-state index in [4.69, 9.17) is 0 Å². The Morgan fingerprint density at radius 3 is 2.68 bits per heavy atom. The molecule has 0 bridgehead atoms. The van der Waals surface area contributed by atoms with Crippen LogP contribution in [0, 0.1) is 5.92 Å². The first-order chi connectivity index (χ1) is 13.5. The molecule has 0 aliphatic heterocycles. The van der Waals surface area contributed by atoms with Gasteiger partial charge in [-0.05, 0) is 31.0 Å². The molecule has 0 saturated heterocycles. The van der Waals surface area contributed by atoms with Crippen LogP contribution in [0.3, 0.4) is 0 Å². The molecular formula is C20H25BrN4O3. The Morgan fingerprint density at radius 2 is 1.89 bits per heavy atom. The van der Waals surface area contributed by atoms with E-state index in [1.165, 1.54) is 17.3 Å². The molecule has 0 spiro atoms. The molecule has 1 aromatic carbocycles. The van der Waals surface area contributed by atoms with E-state index in [-0.39, 0.29) is 36.3 Å². The van der Waals surface area contributed by atoms with Crippen LogP contribution in [0.4, 0.5) is 0 Å². The predicted molar refractivity (Wildman–Crippen MR) is 111 cm³/mol. The van der Waals surface area contributed by atoms with Gasteiger partial charge in [0, 0.05) is 36.4 Å². The van der Waals surface area contributed by atoms with Crippen molar-refractivity contribution in [2.45, 2.75) is 45.1 Å². The summed E-state index contributed by atoms with van der Waals surface area (Å²) in [5.41, 5.74) is 0.460.